The summed E-state index contributed by atoms with van der Waals surface area (Å²) < 4.78 is 39.4. The van der Waals surface area contributed by atoms with Gasteiger partial charge in [0.1, 0.15) is 33.5 Å². The Balaban J connectivity index is 0.000000148. The molecule has 0 radical (unpaired) electrons. The number of anilines is 2. The number of aromatic amines is 2. The SMILES string of the molecule is C.C.C#Cc1ccc2[nH]ncc2c1.Cl.Clc1cccc(-c2ccnc(Cl)n2)n1.Fc1ccc2c(c1)CN(c1nccc(-c3cccc(C#Cc4ccc5[nH]ncc5c4)n3)n1)C2.Fc1ccc2c(c1)CN(c1nccc(-c3cccc(Cl)n3)n1)C2.Fc1ccc2c(c1)CNC2. The van der Waals surface area contributed by atoms with Crippen LogP contribution in [0.25, 0.3) is 56.0 Å². The topological polar surface area (TPSA) is 192 Å². The molecule has 0 bridgehead atoms. The van der Waals surface area contributed by atoms with Gasteiger partial charge in [0.25, 0.3) is 0 Å². The van der Waals surface area contributed by atoms with E-state index < -0.39 is 0 Å². The van der Waals surface area contributed by atoms with Gasteiger partial charge in [-0.1, -0.05) is 86.3 Å². The minimum Gasteiger partial charge on any atom is -0.332 e. The van der Waals surface area contributed by atoms with Crippen LogP contribution in [0.4, 0.5) is 25.1 Å². The first kappa shape index (κ1) is 67.7. The largest absolute Gasteiger partial charge is 0.332 e. The van der Waals surface area contributed by atoms with Crippen LogP contribution in [0.2, 0.25) is 15.6 Å². The quantitative estimate of drug-likeness (QED) is 0.0837. The van der Waals surface area contributed by atoms with Crippen LogP contribution in [0, 0.1) is 41.6 Å². The van der Waals surface area contributed by atoms with Gasteiger partial charge in [0.05, 0.1) is 57.6 Å². The smallest absolute Gasteiger partial charge is 0.226 e. The molecule has 0 spiro atoms. The average molecular weight is 1330 g/mol. The maximum Gasteiger partial charge on any atom is 0.226 e. The Kier molecular flexibility index (Phi) is 22.8. The van der Waals surface area contributed by atoms with E-state index >= 15 is 0 Å². The number of terminal acetylenes is 1. The summed E-state index contributed by atoms with van der Waals surface area (Å²) in [6.45, 7) is 4.19. The summed E-state index contributed by atoms with van der Waals surface area (Å²) in [5, 5.41) is 20.0. The molecule has 16 nitrogen and oxygen atoms in total. The molecule has 0 amide bonds. The second-order valence-electron chi connectivity index (χ2n) is 20.6. The molecule has 470 valence electrons. The minimum atomic E-state index is -0.225. The van der Waals surface area contributed by atoms with Crippen LogP contribution in [-0.2, 0) is 39.3 Å². The van der Waals surface area contributed by atoms with Crippen LogP contribution < -0.4 is 15.1 Å². The fourth-order valence-corrected chi connectivity index (χ4v) is 10.4. The molecular weight excluding hydrogens is 1280 g/mol. The van der Waals surface area contributed by atoms with Crippen molar-refractivity contribution in [2.24, 2.45) is 0 Å². The normalized spacial score (nSPS) is 11.9. The number of rotatable bonds is 5. The Hall–Kier alpha value is -10.6. The Labute approximate surface area is 561 Å². The molecule has 0 aliphatic carbocycles. The van der Waals surface area contributed by atoms with E-state index in [-0.39, 0.29) is 50.0 Å². The van der Waals surface area contributed by atoms with E-state index in [4.69, 9.17) is 46.2 Å². The van der Waals surface area contributed by atoms with Gasteiger partial charge in [-0.05, 0) is 178 Å². The highest BCUT2D eigenvalue weighted by Crippen LogP contribution is 2.30. The molecule has 0 saturated carbocycles. The van der Waals surface area contributed by atoms with Crippen molar-refractivity contribution in [2.75, 3.05) is 9.80 Å². The second kappa shape index (κ2) is 31.6. The van der Waals surface area contributed by atoms with E-state index in [1.54, 1.807) is 79.5 Å². The lowest BCUT2D eigenvalue weighted by molar-refractivity contribution is 0.625. The number of benzene rings is 5. The third kappa shape index (κ3) is 17.1. The maximum atomic E-state index is 13.6. The molecule has 3 aliphatic rings. The summed E-state index contributed by atoms with van der Waals surface area (Å²) in [4.78, 5) is 42.9. The molecule has 3 N–H and O–H groups in total. The van der Waals surface area contributed by atoms with Crippen molar-refractivity contribution in [1.82, 2.24) is 70.6 Å². The highest BCUT2D eigenvalue weighted by atomic mass is 35.5. The number of aromatic nitrogens is 13. The highest BCUT2D eigenvalue weighted by Gasteiger charge is 2.24. The van der Waals surface area contributed by atoms with Crippen molar-refractivity contribution in [1.29, 1.82) is 0 Å². The molecule has 0 atom stereocenters. The van der Waals surface area contributed by atoms with Crippen LogP contribution in [0.15, 0.2) is 195 Å². The van der Waals surface area contributed by atoms with E-state index in [2.05, 4.69) is 83.3 Å². The van der Waals surface area contributed by atoms with E-state index in [0.29, 0.717) is 82.5 Å². The van der Waals surface area contributed by atoms with Gasteiger partial charge in [-0.3, -0.25) is 10.2 Å². The van der Waals surface area contributed by atoms with E-state index in [1.165, 1.54) is 23.8 Å². The average Bonchev–Trinajstić information content (AvgIpc) is 1.67. The third-order valence-electron chi connectivity index (χ3n) is 14.4. The van der Waals surface area contributed by atoms with Crippen molar-refractivity contribution in [3.8, 4) is 58.3 Å². The zero-order chi connectivity index (χ0) is 62.6. The number of nitrogens with one attached hydrogen (secondary N) is 3. The molecule has 0 saturated heterocycles. The van der Waals surface area contributed by atoms with Crippen LogP contribution in [0.5, 0.6) is 0 Å². The fourth-order valence-electron chi connectivity index (χ4n) is 9.97. The maximum absolute atomic E-state index is 13.6. The van der Waals surface area contributed by atoms with Gasteiger partial charge in [-0.2, -0.15) is 10.2 Å². The van der Waals surface area contributed by atoms with Gasteiger partial charge in [-0.25, -0.2) is 58.0 Å². The summed E-state index contributed by atoms with van der Waals surface area (Å²) >= 11 is 17.3. The zero-order valence-electron chi connectivity index (χ0n) is 48.3. The first-order valence-electron chi connectivity index (χ1n) is 28.2. The Morgan fingerprint density at radius 3 is 1.40 bits per heavy atom. The molecule has 16 rings (SSSR count). The van der Waals surface area contributed by atoms with Gasteiger partial charge in [-0.15, -0.1) is 18.8 Å². The lowest BCUT2D eigenvalue weighted by Gasteiger charge is -2.15. The Morgan fingerprint density at radius 1 is 0.426 bits per heavy atom. The van der Waals surface area contributed by atoms with Crippen molar-refractivity contribution >= 4 is 80.9 Å². The Morgan fingerprint density at radius 2 is 0.872 bits per heavy atom. The van der Waals surface area contributed by atoms with Crippen molar-refractivity contribution in [3.05, 3.63) is 278 Å². The van der Waals surface area contributed by atoms with Gasteiger partial charge in [0, 0.05) is 79.8 Å². The molecule has 23 heteroatoms. The van der Waals surface area contributed by atoms with E-state index in [0.717, 1.165) is 79.5 Å². The first-order valence-corrected chi connectivity index (χ1v) is 29.3. The van der Waals surface area contributed by atoms with Crippen LogP contribution >= 0.6 is 47.2 Å². The molecule has 5 aromatic carbocycles. The van der Waals surface area contributed by atoms with Crippen LogP contribution in [0.3, 0.4) is 0 Å². The molecule has 11 heterocycles. The number of nitrogens with zero attached hydrogens (tertiary/aromatic N) is 13. The number of fused-ring (bicyclic) bond motifs is 5. The molecule has 13 aromatic rings. The standard InChI is InChI=1S/C26H17FN6.C17H12ClFN4.C9H5Cl2N3.C9H6N2.C8H8FN.2CH4.ClH/c27-21-7-6-18-15-33(16-20(18)13-21)26-28-11-10-25(31-26)24-3-1-2-22(30-24)8-4-17-5-9-23-19(12-17)14-29-32-23;18-16-3-1-2-14(21-16)15-6-7-20-17(22-15)23-9-11-4-5-13(19)8-12(11)10-23;10-8-3-1-2-6(13-8)7-4-5-12-9(11)14-7;1-2-7-3-4-9-8(5-7)6-10-11-9;9-8-2-1-6-4-10-5-7(6)3-8;;;/h1-3,5-7,9-14H,15-16H2,(H,29,32);1-8H,9-10H2;1-5H;1,3-6H,(H,10,11);1-3,10H,4-5H2;2*1H4;1H. The molecule has 8 aromatic heterocycles. The third-order valence-corrected chi connectivity index (χ3v) is 15.0. The number of pyridine rings is 3. The summed E-state index contributed by atoms with van der Waals surface area (Å²) in [5.74, 6) is 9.48. The minimum absolute atomic E-state index is 0. The van der Waals surface area contributed by atoms with Crippen molar-refractivity contribution < 1.29 is 13.2 Å². The summed E-state index contributed by atoms with van der Waals surface area (Å²) in [7, 11) is 0. The molecule has 3 aliphatic heterocycles. The number of hydrogen-bond donors (Lipinski definition) is 3. The predicted molar refractivity (Wildman–Crippen MR) is 367 cm³/mol. The van der Waals surface area contributed by atoms with Crippen LogP contribution in [0.1, 0.15) is 65.1 Å². The summed E-state index contributed by atoms with van der Waals surface area (Å²) in [5.41, 5.74) is 15.1. The molecule has 94 heavy (non-hydrogen) atoms. The number of H-pyrrole nitrogens is 2. The number of hydrogen-bond acceptors (Lipinski definition) is 14. The van der Waals surface area contributed by atoms with Crippen molar-refractivity contribution in [3.63, 3.8) is 0 Å². The lowest BCUT2D eigenvalue weighted by Crippen LogP contribution is -2.17. The molecule has 0 fully saturated rings. The van der Waals surface area contributed by atoms with E-state index in [9.17, 15) is 13.2 Å². The lowest BCUT2D eigenvalue weighted by atomic mass is 10.1. The van der Waals surface area contributed by atoms with Gasteiger partial charge in [0.15, 0.2) is 0 Å². The number of halogens is 7. The molecular formula is C71H57Cl4F3N16. The Bertz CT molecular complexity index is 4850. The highest BCUT2D eigenvalue weighted by molar-refractivity contribution is 6.30. The first-order chi connectivity index (χ1) is 44.4. The zero-order valence-corrected chi connectivity index (χ0v) is 51.4. The fraction of sp³-hybridized carbons (Fsp3) is 0.113. The molecule has 0 unspecified atom stereocenters. The van der Waals surface area contributed by atoms with Crippen molar-refractivity contribution in [2.45, 2.75) is 54.1 Å². The van der Waals surface area contributed by atoms with Gasteiger partial charge >= 0.3 is 0 Å². The monoisotopic (exact) mass is 1330 g/mol. The van der Waals surface area contributed by atoms with Gasteiger partial charge in [0.2, 0.25) is 17.2 Å². The van der Waals surface area contributed by atoms with E-state index in [1.807, 2.05) is 107 Å². The second-order valence-corrected chi connectivity index (χ2v) is 21.7. The summed E-state index contributed by atoms with van der Waals surface area (Å²) in [6, 6.07) is 48.1. The van der Waals surface area contributed by atoms with Crippen LogP contribution in [-0.4, -0.2) is 65.3 Å². The predicted octanol–water partition coefficient (Wildman–Crippen LogP) is 15.8. The summed E-state index contributed by atoms with van der Waals surface area (Å²) in [6.07, 6.45) is 13.8. The van der Waals surface area contributed by atoms with Gasteiger partial charge < -0.3 is 15.1 Å².